The lowest BCUT2D eigenvalue weighted by Crippen LogP contribution is -2.29. The molecule has 0 saturated heterocycles. The lowest BCUT2D eigenvalue weighted by molar-refractivity contribution is -0.142. The summed E-state index contributed by atoms with van der Waals surface area (Å²) < 4.78 is 0. The minimum absolute atomic E-state index is 0.00339. The van der Waals surface area contributed by atoms with E-state index in [4.69, 9.17) is 0 Å². The number of carbonyl (C=O) groups excluding carboxylic acids is 2. The van der Waals surface area contributed by atoms with Crippen LogP contribution in [0.1, 0.15) is 32.6 Å². The summed E-state index contributed by atoms with van der Waals surface area (Å²) in [5, 5.41) is 9.70. The molecule has 2 aliphatic rings. The second kappa shape index (κ2) is 7.16. The van der Waals surface area contributed by atoms with Gasteiger partial charge in [-0.2, -0.15) is 0 Å². The highest BCUT2D eigenvalue weighted by Crippen LogP contribution is 2.36. The second-order valence-corrected chi connectivity index (χ2v) is 5.70. The quantitative estimate of drug-likeness (QED) is 0.818. The molecule has 0 aromatic heterocycles. The third-order valence-corrected chi connectivity index (χ3v) is 4.09. The van der Waals surface area contributed by atoms with E-state index in [-0.39, 0.29) is 30.3 Å². The molecule has 116 valence electrons. The first-order valence-electron chi connectivity index (χ1n) is 7.55. The normalized spacial score (nSPS) is 20.4. The van der Waals surface area contributed by atoms with Crippen LogP contribution in [0.15, 0.2) is 47.6 Å². The van der Waals surface area contributed by atoms with Gasteiger partial charge in [-0.15, -0.1) is 0 Å². The molecule has 0 aliphatic heterocycles. The van der Waals surface area contributed by atoms with Crippen molar-refractivity contribution < 1.29 is 19.5 Å². The fraction of sp³-hybridized carbons (Fsp3) is 0.389. The van der Waals surface area contributed by atoms with E-state index in [2.05, 4.69) is 0 Å². The minimum atomic E-state index is -0.935. The van der Waals surface area contributed by atoms with Gasteiger partial charge in [-0.1, -0.05) is 43.2 Å². The number of rotatable bonds is 6. The lowest BCUT2D eigenvalue weighted by Gasteiger charge is -2.29. The molecular formula is C18H20O4. The fourth-order valence-electron chi connectivity index (χ4n) is 3.13. The summed E-state index contributed by atoms with van der Waals surface area (Å²) in [5.41, 5.74) is 1.48. The Hall–Kier alpha value is -2.23. The van der Waals surface area contributed by atoms with Crippen LogP contribution in [-0.4, -0.2) is 22.6 Å². The molecule has 2 unspecified atom stereocenters. The molecule has 2 aliphatic carbocycles. The summed E-state index contributed by atoms with van der Waals surface area (Å²) in [4.78, 5) is 35.1. The number of carboxylic acid groups (broad SMARTS) is 1. The highest BCUT2D eigenvalue weighted by molar-refractivity contribution is 5.95. The zero-order chi connectivity index (χ0) is 16.1. The van der Waals surface area contributed by atoms with Crippen molar-refractivity contribution in [3.8, 4) is 0 Å². The number of hydrogen-bond acceptors (Lipinski definition) is 3. The van der Waals surface area contributed by atoms with Crippen molar-refractivity contribution in [2.75, 3.05) is 0 Å². The molecular weight excluding hydrogens is 280 g/mol. The Morgan fingerprint density at radius 3 is 2.14 bits per heavy atom. The van der Waals surface area contributed by atoms with Gasteiger partial charge in [0.15, 0.2) is 11.6 Å². The van der Waals surface area contributed by atoms with Gasteiger partial charge in [-0.05, 0) is 30.1 Å². The van der Waals surface area contributed by atoms with E-state index in [9.17, 15) is 19.5 Å². The van der Waals surface area contributed by atoms with Crippen molar-refractivity contribution in [1.29, 1.82) is 0 Å². The summed E-state index contributed by atoms with van der Waals surface area (Å²) in [6.07, 6.45) is 11.7. The fourth-order valence-corrected chi connectivity index (χ4v) is 3.13. The van der Waals surface area contributed by atoms with Gasteiger partial charge in [0.1, 0.15) is 0 Å². The predicted octanol–water partition coefficient (Wildman–Crippen LogP) is 3.01. The molecule has 4 heteroatoms. The monoisotopic (exact) mass is 300 g/mol. The Bertz CT molecular complexity index is 605. The maximum absolute atomic E-state index is 11.8. The molecule has 4 nitrogen and oxygen atoms in total. The number of hydrogen-bond donors (Lipinski definition) is 1. The van der Waals surface area contributed by atoms with Crippen LogP contribution in [-0.2, 0) is 14.4 Å². The number of ketones is 2. The zero-order valence-electron chi connectivity index (χ0n) is 12.6. The summed E-state index contributed by atoms with van der Waals surface area (Å²) in [6.45, 7) is 1.99. The molecule has 0 saturated carbocycles. The molecule has 22 heavy (non-hydrogen) atoms. The summed E-state index contributed by atoms with van der Waals surface area (Å²) >= 11 is 0. The van der Waals surface area contributed by atoms with Crippen molar-refractivity contribution in [2.24, 2.45) is 11.8 Å². The molecule has 0 amide bonds. The third-order valence-electron chi connectivity index (χ3n) is 4.09. The Labute approximate surface area is 129 Å². The van der Waals surface area contributed by atoms with E-state index < -0.39 is 11.9 Å². The van der Waals surface area contributed by atoms with Gasteiger partial charge >= 0.3 is 5.97 Å². The zero-order valence-corrected chi connectivity index (χ0v) is 12.6. The van der Waals surface area contributed by atoms with Crippen LogP contribution < -0.4 is 0 Å². The molecule has 2 rings (SSSR count). The van der Waals surface area contributed by atoms with Gasteiger partial charge < -0.3 is 5.11 Å². The maximum atomic E-state index is 11.8. The standard InChI is InChI=1S/C18H20O4/c1-2-5-16(12-6-3-8-14(19)10-12)17(18(21)22)13-7-4-9-15(20)11-13/h3-4,6-9,16-17H,2,5,10-11H2,1H3,(H,21,22). The van der Waals surface area contributed by atoms with Crippen molar-refractivity contribution in [1.82, 2.24) is 0 Å². The average Bonchev–Trinajstić information content (AvgIpc) is 2.46. The predicted molar refractivity (Wildman–Crippen MR) is 83.2 cm³/mol. The van der Waals surface area contributed by atoms with Gasteiger partial charge in [0.05, 0.1) is 5.92 Å². The van der Waals surface area contributed by atoms with Crippen LogP contribution >= 0.6 is 0 Å². The van der Waals surface area contributed by atoms with Crippen LogP contribution in [0.2, 0.25) is 0 Å². The molecule has 2 atom stereocenters. The second-order valence-electron chi connectivity index (χ2n) is 5.70. The van der Waals surface area contributed by atoms with E-state index in [1.165, 1.54) is 12.2 Å². The average molecular weight is 300 g/mol. The Morgan fingerprint density at radius 2 is 1.64 bits per heavy atom. The van der Waals surface area contributed by atoms with Gasteiger partial charge in [0.2, 0.25) is 0 Å². The van der Waals surface area contributed by atoms with Gasteiger partial charge in [-0.25, -0.2) is 0 Å². The molecule has 0 fully saturated rings. The summed E-state index contributed by atoms with van der Waals surface area (Å²) in [5.74, 6) is -2.01. The van der Waals surface area contributed by atoms with E-state index >= 15 is 0 Å². The highest BCUT2D eigenvalue weighted by atomic mass is 16.4. The van der Waals surface area contributed by atoms with Crippen molar-refractivity contribution >= 4 is 17.5 Å². The van der Waals surface area contributed by atoms with Gasteiger partial charge in [0, 0.05) is 12.8 Å². The van der Waals surface area contributed by atoms with Crippen LogP contribution in [0.5, 0.6) is 0 Å². The largest absolute Gasteiger partial charge is 0.481 e. The van der Waals surface area contributed by atoms with Crippen molar-refractivity contribution in [2.45, 2.75) is 32.6 Å². The first kappa shape index (κ1) is 16.1. The molecule has 0 radical (unpaired) electrons. The first-order chi connectivity index (χ1) is 10.5. The molecule has 1 N–H and O–H groups in total. The number of allylic oxidation sites excluding steroid dienone is 7. The van der Waals surface area contributed by atoms with E-state index in [0.29, 0.717) is 12.0 Å². The van der Waals surface area contributed by atoms with Crippen LogP contribution in [0, 0.1) is 11.8 Å². The number of carbonyl (C=O) groups is 3. The SMILES string of the molecule is CCCC(C1=CC=CC(=O)C1)C(C(=O)O)C1=CC=CC(=O)C1. The minimum Gasteiger partial charge on any atom is -0.481 e. The lowest BCUT2D eigenvalue weighted by atomic mass is 9.74. The van der Waals surface area contributed by atoms with Gasteiger partial charge in [-0.3, -0.25) is 14.4 Å². The topological polar surface area (TPSA) is 71.4 Å². The van der Waals surface area contributed by atoms with Crippen LogP contribution in [0.4, 0.5) is 0 Å². The van der Waals surface area contributed by atoms with Crippen LogP contribution in [0.3, 0.4) is 0 Å². The summed E-state index contributed by atoms with van der Waals surface area (Å²) in [7, 11) is 0. The molecule has 0 aromatic rings. The molecule has 0 aromatic carbocycles. The first-order valence-corrected chi connectivity index (χ1v) is 7.55. The Kier molecular flexibility index (Phi) is 5.26. The van der Waals surface area contributed by atoms with E-state index in [0.717, 1.165) is 12.0 Å². The maximum Gasteiger partial charge on any atom is 0.311 e. The van der Waals surface area contributed by atoms with Gasteiger partial charge in [0.25, 0.3) is 0 Å². The molecule has 0 spiro atoms. The third kappa shape index (κ3) is 3.70. The number of carboxylic acids is 1. The number of aliphatic carboxylic acids is 1. The Balaban J connectivity index is 2.36. The van der Waals surface area contributed by atoms with E-state index in [1.54, 1.807) is 18.2 Å². The Morgan fingerprint density at radius 1 is 1.09 bits per heavy atom. The highest BCUT2D eigenvalue weighted by Gasteiger charge is 2.34. The van der Waals surface area contributed by atoms with Crippen molar-refractivity contribution in [3.63, 3.8) is 0 Å². The van der Waals surface area contributed by atoms with Crippen LogP contribution in [0.25, 0.3) is 0 Å². The summed E-state index contributed by atoms with van der Waals surface area (Å²) in [6, 6.07) is 0. The van der Waals surface area contributed by atoms with E-state index in [1.807, 2.05) is 13.0 Å². The van der Waals surface area contributed by atoms with Crippen molar-refractivity contribution in [3.05, 3.63) is 47.6 Å². The smallest absolute Gasteiger partial charge is 0.311 e. The molecule has 0 heterocycles. The molecule has 0 bridgehead atoms.